The fourth-order valence-electron chi connectivity index (χ4n) is 3.35. The largest absolute Gasteiger partial charge is 1.00 e. The van der Waals surface area contributed by atoms with Gasteiger partial charge in [0.2, 0.25) is 5.52 Å². The van der Waals surface area contributed by atoms with Crippen LogP contribution in [0.5, 0.6) is 0 Å². The van der Waals surface area contributed by atoms with Gasteiger partial charge in [-0.25, -0.2) is 0 Å². The Labute approximate surface area is 135 Å². The lowest BCUT2D eigenvalue weighted by Crippen LogP contribution is -3.00. The van der Waals surface area contributed by atoms with Crippen LogP contribution >= 0.6 is 0 Å². The normalized spacial score (nSPS) is 13.8. The third kappa shape index (κ3) is 2.30. The molecule has 2 nitrogen and oxygen atoms in total. The van der Waals surface area contributed by atoms with Crippen LogP contribution in [-0.2, 0) is 13.1 Å². The van der Waals surface area contributed by atoms with Gasteiger partial charge in [-0.15, -0.1) is 4.68 Å². The Balaban J connectivity index is 0.00000132. The molecule has 0 N–H and O–H groups in total. The van der Waals surface area contributed by atoms with Crippen molar-refractivity contribution in [3.63, 3.8) is 0 Å². The maximum Gasteiger partial charge on any atom is 0.239 e. The Morgan fingerprint density at radius 1 is 1.00 bits per heavy atom. The maximum atomic E-state index is 2.48. The molecule has 2 heterocycles. The average molecular weight is 343 g/mol. The highest BCUT2D eigenvalue weighted by molar-refractivity contribution is 5.91. The van der Waals surface area contributed by atoms with Gasteiger partial charge >= 0.3 is 0 Å². The van der Waals surface area contributed by atoms with E-state index < -0.39 is 0 Å². The molecule has 1 aliphatic rings. The van der Waals surface area contributed by atoms with Crippen molar-refractivity contribution in [1.29, 1.82) is 0 Å². The molecule has 108 valence electrons. The van der Waals surface area contributed by atoms with Crippen LogP contribution in [0.15, 0.2) is 48.5 Å². The van der Waals surface area contributed by atoms with Crippen molar-refractivity contribution in [2.75, 3.05) is 0 Å². The topological polar surface area (TPSA) is 8.81 Å². The number of hydrogen-bond donors (Lipinski definition) is 0. The van der Waals surface area contributed by atoms with E-state index in [0.717, 1.165) is 13.1 Å². The van der Waals surface area contributed by atoms with E-state index in [-0.39, 0.29) is 17.0 Å². The van der Waals surface area contributed by atoms with E-state index >= 15 is 0 Å². The van der Waals surface area contributed by atoms with Gasteiger partial charge in [-0.2, -0.15) is 4.68 Å². The lowest BCUT2D eigenvalue weighted by atomic mass is 10.1. The van der Waals surface area contributed by atoms with Crippen LogP contribution in [0.2, 0.25) is 0 Å². The summed E-state index contributed by atoms with van der Waals surface area (Å²) < 4.78 is 4.93. The second kappa shape index (κ2) is 5.64. The molecule has 1 aromatic heterocycles. The smallest absolute Gasteiger partial charge is 0.239 e. The van der Waals surface area contributed by atoms with Crippen LogP contribution < -0.4 is 21.7 Å². The SMILES string of the molecule is Cc1ccc2c(c1)c(-c1ccccc1)n1[n+]2CCCC1.[Br-]. The first kappa shape index (κ1) is 14.3. The number of nitrogens with zero attached hydrogens (tertiary/aromatic N) is 2. The molecule has 3 heteroatoms. The highest BCUT2D eigenvalue weighted by Gasteiger charge is 2.27. The van der Waals surface area contributed by atoms with Gasteiger partial charge in [-0.3, -0.25) is 0 Å². The third-order valence-corrected chi connectivity index (χ3v) is 4.27. The second-order valence-corrected chi connectivity index (χ2v) is 5.69. The van der Waals surface area contributed by atoms with E-state index in [4.69, 9.17) is 0 Å². The Bertz CT molecular complexity index is 775. The molecule has 0 aliphatic carbocycles. The van der Waals surface area contributed by atoms with E-state index in [1.807, 2.05) is 0 Å². The standard InChI is InChI=1S/C18H19N2.BrH/c1-14-9-10-17-16(13-14)18(15-7-3-2-4-8-15)20-12-6-5-11-19(17)20;/h2-4,7-10,13H,5-6,11-12H2,1H3;1H/q+1;/p-1. The van der Waals surface area contributed by atoms with Crippen LogP contribution in [-0.4, -0.2) is 4.68 Å². The van der Waals surface area contributed by atoms with Gasteiger partial charge in [0.05, 0.1) is 11.9 Å². The molecule has 0 atom stereocenters. The first-order valence-corrected chi connectivity index (χ1v) is 7.43. The van der Waals surface area contributed by atoms with Crippen LogP contribution in [0, 0.1) is 6.92 Å². The summed E-state index contributed by atoms with van der Waals surface area (Å²) in [5.41, 5.74) is 5.40. The third-order valence-electron chi connectivity index (χ3n) is 4.27. The van der Waals surface area contributed by atoms with Crippen molar-refractivity contribution >= 4 is 10.9 Å². The summed E-state index contributed by atoms with van der Waals surface area (Å²) in [4.78, 5) is 0. The number of aromatic nitrogens is 2. The molecule has 0 spiro atoms. The zero-order valence-electron chi connectivity index (χ0n) is 12.2. The molecular weight excluding hydrogens is 324 g/mol. The van der Waals surface area contributed by atoms with Gasteiger partial charge in [0.15, 0.2) is 6.54 Å². The van der Waals surface area contributed by atoms with Crippen LogP contribution in [0.25, 0.3) is 22.2 Å². The number of aryl methyl sites for hydroxylation is 2. The maximum absolute atomic E-state index is 2.48. The fourth-order valence-corrected chi connectivity index (χ4v) is 3.35. The fraction of sp³-hybridized carbons (Fsp3) is 0.278. The van der Waals surface area contributed by atoms with Crippen molar-refractivity contribution in [2.24, 2.45) is 0 Å². The predicted molar refractivity (Wildman–Crippen MR) is 81.5 cm³/mol. The van der Waals surface area contributed by atoms with Crippen molar-refractivity contribution in [2.45, 2.75) is 32.9 Å². The van der Waals surface area contributed by atoms with Crippen molar-refractivity contribution in [1.82, 2.24) is 4.68 Å². The molecule has 0 amide bonds. The number of benzene rings is 2. The van der Waals surface area contributed by atoms with Gasteiger partial charge < -0.3 is 17.0 Å². The predicted octanol–water partition coefficient (Wildman–Crippen LogP) is 0.702. The highest BCUT2D eigenvalue weighted by Crippen LogP contribution is 2.30. The van der Waals surface area contributed by atoms with Crippen LogP contribution in [0.3, 0.4) is 0 Å². The molecule has 0 saturated carbocycles. The lowest BCUT2D eigenvalue weighted by molar-refractivity contribution is -0.759. The molecule has 0 saturated heterocycles. The van der Waals surface area contributed by atoms with E-state index in [9.17, 15) is 0 Å². The quantitative estimate of drug-likeness (QED) is 0.576. The van der Waals surface area contributed by atoms with Crippen LogP contribution in [0.4, 0.5) is 0 Å². The summed E-state index contributed by atoms with van der Waals surface area (Å²) in [6.07, 6.45) is 2.56. The van der Waals surface area contributed by atoms with E-state index in [1.54, 1.807) is 0 Å². The van der Waals surface area contributed by atoms with E-state index in [2.05, 4.69) is 64.8 Å². The minimum atomic E-state index is 0. The van der Waals surface area contributed by atoms with E-state index in [0.29, 0.717) is 0 Å². The molecular formula is C18H19BrN2. The van der Waals surface area contributed by atoms with Gasteiger partial charge in [0, 0.05) is 18.1 Å². The first-order chi connectivity index (χ1) is 9.84. The van der Waals surface area contributed by atoms with Gasteiger partial charge in [-0.1, -0.05) is 36.4 Å². The van der Waals surface area contributed by atoms with Gasteiger partial charge in [0.1, 0.15) is 5.69 Å². The number of rotatable bonds is 1. The summed E-state index contributed by atoms with van der Waals surface area (Å²) >= 11 is 0. The summed E-state index contributed by atoms with van der Waals surface area (Å²) in [7, 11) is 0. The summed E-state index contributed by atoms with van der Waals surface area (Å²) in [6.45, 7) is 4.43. The Kier molecular flexibility index (Phi) is 3.85. The zero-order chi connectivity index (χ0) is 13.5. The molecule has 3 aromatic rings. The second-order valence-electron chi connectivity index (χ2n) is 5.69. The molecule has 21 heavy (non-hydrogen) atoms. The molecule has 0 bridgehead atoms. The van der Waals surface area contributed by atoms with Crippen molar-refractivity contribution < 1.29 is 21.7 Å². The minimum absolute atomic E-state index is 0. The minimum Gasteiger partial charge on any atom is -1.00 e. The molecule has 4 rings (SSSR count). The van der Waals surface area contributed by atoms with Crippen molar-refractivity contribution in [3.8, 4) is 11.3 Å². The molecule has 1 aliphatic heterocycles. The first-order valence-electron chi connectivity index (χ1n) is 7.43. The zero-order valence-corrected chi connectivity index (χ0v) is 13.8. The van der Waals surface area contributed by atoms with Crippen molar-refractivity contribution in [3.05, 3.63) is 54.1 Å². The summed E-state index contributed by atoms with van der Waals surface area (Å²) in [6, 6.07) is 17.6. The molecule has 0 fully saturated rings. The molecule has 2 aromatic carbocycles. The van der Waals surface area contributed by atoms with E-state index in [1.165, 1.54) is 40.6 Å². The Morgan fingerprint density at radius 3 is 2.62 bits per heavy atom. The summed E-state index contributed by atoms with van der Waals surface area (Å²) in [5, 5.41) is 1.39. The Morgan fingerprint density at radius 2 is 1.81 bits per heavy atom. The molecule has 0 radical (unpaired) electrons. The number of fused-ring (bicyclic) bond motifs is 3. The highest BCUT2D eigenvalue weighted by atomic mass is 79.9. The summed E-state index contributed by atoms with van der Waals surface area (Å²) in [5.74, 6) is 0. The van der Waals surface area contributed by atoms with Gasteiger partial charge in [-0.05, 0) is 25.0 Å². The molecule has 0 unspecified atom stereocenters. The number of halogens is 1. The Hall–Kier alpha value is -1.61. The van der Waals surface area contributed by atoms with Gasteiger partial charge in [0.25, 0.3) is 0 Å². The monoisotopic (exact) mass is 342 g/mol. The lowest BCUT2D eigenvalue weighted by Gasteiger charge is -2.11. The average Bonchev–Trinajstić information content (AvgIpc) is 2.81. The number of hydrogen-bond acceptors (Lipinski definition) is 0. The van der Waals surface area contributed by atoms with Crippen LogP contribution in [0.1, 0.15) is 18.4 Å².